The first-order chi connectivity index (χ1) is 3.13. The molecule has 0 bridgehead atoms. The van der Waals surface area contributed by atoms with E-state index in [1.165, 1.54) is 0 Å². The van der Waals surface area contributed by atoms with Gasteiger partial charge in [0.1, 0.15) is 0 Å². The molecule has 0 spiro atoms. The second kappa shape index (κ2) is 6.05. The van der Waals surface area contributed by atoms with Crippen molar-refractivity contribution in [3.8, 4) is 0 Å². The summed E-state index contributed by atoms with van der Waals surface area (Å²) in [6.07, 6.45) is -0.278. The van der Waals surface area contributed by atoms with Crippen LogP contribution < -0.4 is 29.6 Å². The normalized spacial score (nSPS) is 16.5. The molecule has 2 atom stereocenters. The van der Waals surface area contributed by atoms with Crippen LogP contribution in [0.4, 0.5) is 0 Å². The van der Waals surface area contributed by atoms with E-state index in [2.05, 4.69) is 0 Å². The molecule has 0 rings (SSSR count). The molecule has 0 aliphatic carbocycles. The summed E-state index contributed by atoms with van der Waals surface area (Å²) in [6.45, 7) is 3.32. The molecule has 3 heteroatoms. The van der Waals surface area contributed by atoms with E-state index in [0.717, 1.165) is 0 Å². The molecule has 0 radical (unpaired) electrons. The Morgan fingerprint density at radius 3 is 1.38 bits per heavy atom. The topological polar surface area (TPSA) is 40.5 Å². The van der Waals surface area contributed by atoms with E-state index in [1.54, 1.807) is 13.8 Å². The van der Waals surface area contributed by atoms with E-state index in [1.807, 2.05) is 0 Å². The largest absolute Gasteiger partial charge is 1.00 e. The molecule has 0 aromatic heterocycles. The van der Waals surface area contributed by atoms with Crippen LogP contribution in [0.15, 0.2) is 0 Å². The van der Waals surface area contributed by atoms with Gasteiger partial charge in [-0.25, -0.2) is 0 Å². The number of aliphatic hydroxyl groups is 2. The molecule has 0 saturated carbocycles. The van der Waals surface area contributed by atoms with Crippen molar-refractivity contribution in [3.63, 3.8) is 0 Å². The van der Waals surface area contributed by atoms with Crippen molar-refractivity contribution in [2.75, 3.05) is 0 Å². The van der Waals surface area contributed by atoms with Crippen molar-refractivity contribution >= 4 is 0 Å². The van der Waals surface area contributed by atoms with Crippen LogP contribution in [0.3, 0.4) is 0 Å². The Morgan fingerprint density at radius 1 is 1.12 bits per heavy atom. The minimum atomic E-state index is -0.375. The first kappa shape index (κ1) is 11.7. The van der Waals surface area contributed by atoms with E-state index >= 15 is 0 Å². The van der Waals surface area contributed by atoms with Crippen LogP contribution in [0.25, 0.3) is 0 Å². The Balaban J connectivity index is 0. The summed E-state index contributed by atoms with van der Waals surface area (Å²) >= 11 is 0. The molecule has 0 aromatic rings. The van der Waals surface area contributed by atoms with Gasteiger partial charge in [-0.3, -0.25) is 0 Å². The first-order valence-electron chi connectivity index (χ1n) is 2.49. The van der Waals surface area contributed by atoms with Gasteiger partial charge in [0.2, 0.25) is 0 Å². The molecule has 0 amide bonds. The van der Waals surface area contributed by atoms with Crippen molar-refractivity contribution in [3.05, 3.63) is 0 Å². The molecule has 8 heavy (non-hydrogen) atoms. The molecule has 2 N–H and O–H groups in total. The smallest absolute Gasteiger partial charge is 0.393 e. The third-order valence-corrected chi connectivity index (χ3v) is 0.682. The fraction of sp³-hybridized carbons (Fsp3) is 1.00. The summed E-state index contributed by atoms with van der Waals surface area (Å²) < 4.78 is 0. The third kappa shape index (κ3) is 10.0. The van der Waals surface area contributed by atoms with Crippen LogP contribution in [-0.2, 0) is 0 Å². The van der Waals surface area contributed by atoms with Gasteiger partial charge in [0, 0.05) is 0 Å². The molecule has 2 nitrogen and oxygen atoms in total. The molecule has 0 fully saturated rings. The average molecular weight is 127 g/mol. The van der Waals surface area contributed by atoms with Gasteiger partial charge < -0.3 is 10.2 Å². The molecular formula is C5H12NaO2+. The fourth-order valence-electron chi connectivity index (χ4n) is 0.494. The maximum atomic E-state index is 8.56. The Bertz CT molecular complexity index is 39.7. The monoisotopic (exact) mass is 127 g/mol. The SMILES string of the molecule is CC(O)CC(C)O.[Na+]. The van der Waals surface area contributed by atoms with Crippen LogP contribution in [0, 0.1) is 0 Å². The van der Waals surface area contributed by atoms with E-state index in [9.17, 15) is 0 Å². The molecule has 0 aliphatic rings. The Kier molecular flexibility index (Phi) is 8.83. The zero-order valence-electron chi connectivity index (χ0n) is 5.76. The first-order valence-corrected chi connectivity index (χ1v) is 2.49. The molecule has 0 saturated heterocycles. The fourth-order valence-corrected chi connectivity index (χ4v) is 0.494. The molecule has 44 valence electrons. The quantitative estimate of drug-likeness (QED) is 0.392. The Labute approximate surface area is 72.2 Å². The van der Waals surface area contributed by atoms with Crippen molar-refractivity contribution < 1.29 is 39.8 Å². The van der Waals surface area contributed by atoms with Gasteiger partial charge in [-0.15, -0.1) is 0 Å². The van der Waals surface area contributed by atoms with Crippen LogP contribution >= 0.6 is 0 Å². The minimum Gasteiger partial charge on any atom is -0.393 e. The van der Waals surface area contributed by atoms with Gasteiger partial charge in [0.25, 0.3) is 0 Å². The maximum Gasteiger partial charge on any atom is 1.00 e. The summed E-state index contributed by atoms with van der Waals surface area (Å²) in [5, 5.41) is 17.1. The van der Waals surface area contributed by atoms with Crippen LogP contribution in [0.1, 0.15) is 20.3 Å². The maximum absolute atomic E-state index is 8.56. The standard InChI is InChI=1S/C5H12O2.Na/c1-4(6)3-5(2)7;/h4-7H,3H2,1-2H3;/q;+1. The molecular weight excluding hydrogens is 115 g/mol. The number of rotatable bonds is 2. The molecule has 0 aliphatic heterocycles. The van der Waals surface area contributed by atoms with E-state index < -0.39 is 0 Å². The number of hydrogen-bond donors (Lipinski definition) is 2. The molecule has 0 heterocycles. The predicted octanol–water partition coefficient (Wildman–Crippen LogP) is -2.86. The summed E-state index contributed by atoms with van der Waals surface area (Å²) in [6, 6.07) is 0. The Hall–Kier alpha value is 0.920. The van der Waals surface area contributed by atoms with Gasteiger partial charge >= 0.3 is 29.6 Å². The van der Waals surface area contributed by atoms with Gasteiger partial charge in [0.05, 0.1) is 12.2 Å². The van der Waals surface area contributed by atoms with Crippen LogP contribution in [-0.4, -0.2) is 22.4 Å². The number of aliphatic hydroxyl groups excluding tert-OH is 2. The summed E-state index contributed by atoms with van der Waals surface area (Å²) in [7, 11) is 0. The van der Waals surface area contributed by atoms with Crippen LogP contribution in [0.2, 0.25) is 0 Å². The minimum absolute atomic E-state index is 0. The second-order valence-electron chi connectivity index (χ2n) is 1.93. The van der Waals surface area contributed by atoms with Crippen molar-refractivity contribution in [2.24, 2.45) is 0 Å². The number of hydrogen-bond acceptors (Lipinski definition) is 2. The van der Waals surface area contributed by atoms with Crippen molar-refractivity contribution in [1.29, 1.82) is 0 Å². The van der Waals surface area contributed by atoms with E-state index in [-0.39, 0.29) is 41.8 Å². The van der Waals surface area contributed by atoms with E-state index in [4.69, 9.17) is 10.2 Å². The molecule has 2 unspecified atom stereocenters. The van der Waals surface area contributed by atoms with Gasteiger partial charge in [0.15, 0.2) is 0 Å². The molecule has 0 aromatic carbocycles. The zero-order chi connectivity index (χ0) is 5.86. The zero-order valence-corrected chi connectivity index (χ0v) is 7.76. The van der Waals surface area contributed by atoms with Crippen molar-refractivity contribution in [2.45, 2.75) is 32.5 Å². The summed E-state index contributed by atoms with van der Waals surface area (Å²) in [4.78, 5) is 0. The summed E-state index contributed by atoms with van der Waals surface area (Å²) in [5.41, 5.74) is 0. The van der Waals surface area contributed by atoms with Crippen molar-refractivity contribution in [1.82, 2.24) is 0 Å². The van der Waals surface area contributed by atoms with Gasteiger partial charge in [-0.2, -0.15) is 0 Å². The summed E-state index contributed by atoms with van der Waals surface area (Å²) in [5.74, 6) is 0. The van der Waals surface area contributed by atoms with Gasteiger partial charge in [-0.1, -0.05) is 0 Å². The predicted molar refractivity (Wildman–Crippen MR) is 28.0 cm³/mol. The third-order valence-electron chi connectivity index (χ3n) is 0.682. The second-order valence-corrected chi connectivity index (χ2v) is 1.93. The van der Waals surface area contributed by atoms with Crippen LogP contribution in [0.5, 0.6) is 0 Å². The van der Waals surface area contributed by atoms with E-state index in [0.29, 0.717) is 6.42 Å². The average Bonchev–Trinajstić information content (AvgIpc) is 1.27. The van der Waals surface area contributed by atoms with Gasteiger partial charge in [-0.05, 0) is 20.3 Å². The Morgan fingerprint density at radius 2 is 1.38 bits per heavy atom.